The number of nitrogen functional groups attached to an aromatic ring is 1. The monoisotopic (exact) mass is 428 g/mol. The van der Waals surface area contributed by atoms with Crippen LogP contribution in [0.5, 0.6) is 0 Å². The average molecular weight is 428 g/mol. The Bertz CT molecular complexity index is 1090. The number of pyridine rings is 1. The van der Waals surface area contributed by atoms with E-state index in [1.807, 2.05) is 0 Å². The molecule has 156 valence electrons. The number of benzene rings is 1. The van der Waals surface area contributed by atoms with Crippen molar-refractivity contribution in [3.63, 3.8) is 0 Å². The van der Waals surface area contributed by atoms with E-state index in [9.17, 15) is 39.5 Å². The molecule has 0 atom stereocenters. The molecule has 2 aromatic heterocycles. The molecule has 29 heavy (non-hydrogen) atoms. The van der Waals surface area contributed by atoms with Crippen LogP contribution in [0, 0.1) is 6.92 Å². The van der Waals surface area contributed by atoms with Crippen molar-refractivity contribution in [2.24, 2.45) is 0 Å². The van der Waals surface area contributed by atoms with E-state index in [1.165, 1.54) is 6.92 Å². The van der Waals surface area contributed by atoms with Crippen molar-refractivity contribution in [1.82, 2.24) is 14.8 Å². The van der Waals surface area contributed by atoms with Crippen molar-refractivity contribution in [2.45, 2.75) is 25.5 Å². The van der Waals surface area contributed by atoms with Gasteiger partial charge in [-0.1, -0.05) is 0 Å². The number of alkyl halides is 9. The number of nitrogens with two attached hydrogens (primary N) is 1. The molecular weight excluding hydrogens is 419 g/mol. The number of anilines is 1. The molecule has 3 rings (SSSR count). The van der Waals surface area contributed by atoms with Crippen molar-refractivity contribution in [1.29, 1.82) is 0 Å². The van der Waals surface area contributed by atoms with Gasteiger partial charge < -0.3 is 5.73 Å². The summed E-state index contributed by atoms with van der Waals surface area (Å²) in [4.78, 5) is 2.65. The number of aromatic nitrogens is 3. The second-order valence-corrected chi connectivity index (χ2v) is 6.04. The summed E-state index contributed by atoms with van der Waals surface area (Å²) < 4.78 is 118. The lowest BCUT2D eigenvalue weighted by molar-refractivity contribution is -0.149. The highest BCUT2D eigenvalue weighted by atomic mass is 19.4. The van der Waals surface area contributed by atoms with Gasteiger partial charge in [0.15, 0.2) is 5.69 Å². The van der Waals surface area contributed by atoms with Gasteiger partial charge >= 0.3 is 18.5 Å². The summed E-state index contributed by atoms with van der Waals surface area (Å²) in [6, 6.07) is 2.56. The quantitative estimate of drug-likeness (QED) is 0.531. The van der Waals surface area contributed by atoms with E-state index >= 15 is 0 Å². The molecule has 0 aliphatic heterocycles. The lowest BCUT2D eigenvalue weighted by Crippen LogP contribution is -2.15. The van der Waals surface area contributed by atoms with E-state index in [-0.39, 0.29) is 17.3 Å². The third-order valence-corrected chi connectivity index (χ3v) is 4.00. The van der Waals surface area contributed by atoms with Crippen LogP contribution in [0.4, 0.5) is 45.3 Å². The minimum absolute atomic E-state index is 0.0584. The number of aryl methyl sites for hydroxylation is 1. The van der Waals surface area contributed by atoms with Crippen LogP contribution >= 0.6 is 0 Å². The Balaban J connectivity index is 2.31. The van der Waals surface area contributed by atoms with Crippen LogP contribution in [0.2, 0.25) is 0 Å². The molecule has 0 unspecified atom stereocenters. The average Bonchev–Trinajstić information content (AvgIpc) is 2.88. The lowest BCUT2D eigenvalue weighted by atomic mass is 10.1. The zero-order chi connectivity index (χ0) is 21.9. The van der Waals surface area contributed by atoms with Crippen molar-refractivity contribution in [3.05, 3.63) is 46.8 Å². The lowest BCUT2D eigenvalue weighted by Gasteiger charge is -2.12. The fourth-order valence-electron chi connectivity index (χ4n) is 2.73. The van der Waals surface area contributed by atoms with Crippen LogP contribution in [-0.4, -0.2) is 14.8 Å². The van der Waals surface area contributed by atoms with Crippen LogP contribution in [-0.2, 0) is 18.5 Å². The van der Waals surface area contributed by atoms with Gasteiger partial charge in [-0.3, -0.25) is 0 Å². The summed E-state index contributed by atoms with van der Waals surface area (Å²) in [5, 5.41) is 2.77. The maximum atomic E-state index is 13.3. The summed E-state index contributed by atoms with van der Waals surface area (Å²) in [5.74, 6) is -0.712. The van der Waals surface area contributed by atoms with E-state index in [0.717, 1.165) is 6.07 Å². The molecular formula is C16H9F9N4. The van der Waals surface area contributed by atoms with Crippen LogP contribution < -0.4 is 5.73 Å². The Morgan fingerprint density at radius 3 is 1.97 bits per heavy atom. The smallest absolute Gasteiger partial charge is 0.383 e. The summed E-state index contributed by atoms with van der Waals surface area (Å²) in [7, 11) is 0. The normalized spacial score (nSPS) is 13.3. The number of nitrogens with zero attached hydrogens (tertiary/aromatic N) is 3. The molecule has 2 heterocycles. The molecule has 0 spiro atoms. The number of hydrogen-bond acceptors (Lipinski definition) is 3. The van der Waals surface area contributed by atoms with Crippen molar-refractivity contribution < 1.29 is 39.5 Å². The van der Waals surface area contributed by atoms with E-state index in [1.54, 1.807) is 0 Å². The van der Waals surface area contributed by atoms with Crippen molar-refractivity contribution in [3.8, 4) is 5.69 Å². The van der Waals surface area contributed by atoms with Crippen LogP contribution in [0.15, 0.2) is 24.3 Å². The zero-order valence-electron chi connectivity index (χ0n) is 14.1. The molecule has 0 amide bonds. The second-order valence-electron chi connectivity index (χ2n) is 6.04. The summed E-state index contributed by atoms with van der Waals surface area (Å²) in [6.07, 6.45) is -15.1. The first-order valence-corrected chi connectivity index (χ1v) is 7.62. The van der Waals surface area contributed by atoms with Gasteiger partial charge in [0.1, 0.15) is 11.5 Å². The third-order valence-electron chi connectivity index (χ3n) is 4.00. The molecule has 0 radical (unpaired) electrons. The highest BCUT2D eigenvalue weighted by Crippen LogP contribution is 2.40. The van der Waals surface area contributed by atoms with Gasteiger partial charge in [-0.15, -0.1) is 0 Å². The van der Waals surface area contributed by atoms with Gasteiger partial charge in [0, 0.05) is 0 Å². The molecule has 2 N–H and O–H groups in total. The fraction of sp³-hybridized carbons (Fsp3) is 0.250. The standard InChI is InChI=1S/C16H9F9N4/c1-6-4-7(14(17,18)19)2-3-9(6)29-13(26)11-8(28-29)5-10(15(20,21)22)27-12(11)16(23,24)25/h2-5H,26H2,1H3. The first kappa shape index (κ1) is 20.7. The number of halogens is 9. The first-order valence-electron chi connectivity index (χ1n) is 7.62. The maximum absolute atomic E-state index is 13.3. The van der Waals surface area contributed by atoms with E-state index < -0.39 is 52.2 Å². The maximum Gasteiger partial charge on any atom is 0.434 e. The van der Waals surface area contributed by atoms with Crippen LogP contribution in [0.1, 0.15) is 22.5 Å². The summed E-state index contributed by atoms with van der Waals surface area (Å²) in [5.41, 5.74) is -0.00827. The van der Waals surface area contributed by atoms with Gasteiger partial charge in [0.25, 0.3) is 0 Å². The zero-order valence-corrected chi connectivity index (χ0v) is 14.1. The molecule has 0 saturated carbocycles. The Kier molecular flexibility index (Phi) is 4.47. The molecule has 0 saturated heterocycles. The van der Waals surface area contributed by atoms with Crippen molar-refractivity contribution >= 4 is 16.7 Å². The SMILES string of the molecule is Cc1cc(C(F)(F)F)ccc1-n1nc2cc(C(F)(F)F)nc(C(F)(F)F)c2c1N. The fourth-order valence-corrected chi connectivity index (χ4v) is 2.73. The molecule has 0 bridgehead atoms. The van der Waals surface area contributed by atoms with Gasteiger partial charge in [0.2, 0.25) is 0 Å². The molecule has 1 aromatic carbocycles. The van der Waals surface area contributed by atoms with Gasteiger partial charge in [-0.05, 0) is 36.8 Å². The van der Waals surface area contributed by atoms with Gasteiger partial charge in [-0.25, -0.2) is 9.67 Å². The van der Waals surface area contributed by atoms with E-state index in [4.69, 9.17) is 5.73 Å². The second kappa shape index (κ2) is 6.26. The Morgan fingerprint density at radius 1 is 0.862 bits per heavy atom. The Labute approximate surface area is 155 Å². The van der Waals surface area contributed by atoms with Crippen LogP contribution in [0.25, 0.3) is 16.6 Å². The molecule has 0 fully saturated rings. The topological polar surface area (TPSA) is 56.7 Å². The van der Waals surface area contributed by atoms with Gasteiger partial charge in [-0.2, -0.15) is 44.6 Å². The van der Waals surface area contributed by atoms with Crippen LogP contribution in [0.3, 0.4) is 0 Å². The Hall–Kier alpha value is -2.99. The molecule has 0 aliphatic carbocycles. The van der Waals surface area contributed by atoms with E-state index in [2.05, 4.69) is 10.1 Å². The predicted molar refractivity (Wildman–Crippen MR) is 83.0 cm³/mol. The highest BCUT2D eigenvalue weighted by molar-refractivity contribution is 5.92. The molecule has 4 nitrogen and oxygen atoms in total. The number of fused-ring (bicyclic) bond motifs is 1. The minimum Gasteiger partial charge on any atom is -0.383 e. The highest BCUT2D eigenvalue weighted by Gasteiger charge is 2.41. The molecule has 0 aliphatic rings. The molecule has 3 aromatic rings. The largest absolute Gasteiger partial charge is 0.434 e. The van der Waals surface area contributed by atoms with E-state index in [0.29, 0.717) is 16.8 Å². The number of rotatable bonds is 1. The number of hydrogen-bond donors (Lipinski definition) is 1. The van der Waals surface area contributed by atoms with Crippen molar-refractivity contribution in [2.75, 3.05) is 5.73 Å². The summed E-state index contributed by atoms with van der Waals surface area (Å²) >= 11 is 0. The predicted octanol–water partition coefficient (Wildman–Crippen LogP) is 5.37. The Morgan fingerprint density at radius 2 is 1.48 bits per heavy atom. The summed E-state index contributed by atoms with van der Waals surface area (Å²) in [6.45, 7) is 1.22. The first-order chi connectivity index (χ1) is 13.1. The third kappa shape index (κ3) is 3.68. The molecule has 13 heteroatoms. The minimum atomic E-state index is -5.28. The van der Waals surface area contributed by atoms with Gasteiger partial charge in [0.05, 0.1) is 22.2 Å².